The van der Waals surface area contributed by atoms with E-state index in [2.05, 4.69) is 20.8 Å². The highest BCUT2D eigenvalue weighted by Crippen LogP contribution is 2.45. The van der Waals surface area contributed by atoms with Crippen LogP contribution in [0.15, 0.2) is 24.7 Å². The first-order valence-corrected chi connectivity index (χ1v) is 15.5. The molecular formula is C25H30Cl2F2N6O3S. The molecule has 0 amide bonds. The van der Waals surface area contributed by atoms with Crippen LogP contribution in [-0.4, -0.2) is 73.4 Å². The second-order valence-electron chi connectivity index (χ2n) is 11.3. The van der Waals surface area contributed by atoms with Gasteiger partial charge in [-0.15, -0.1) is 0 Å². The Labute approximate surface area is 236 Å². The highest BCUT2D eigenvalue weighted by Gasteiger charge is 2.55. The van der Waals surface area contributed by atoms with E-state index in [-0.39, 0.29) is 35.7 Å². The second kappa shape index (κ2) is 10.0. The van der Waals surface area contributed by atoms with Gasteiger partial charge in [-0.1, -0.05) is 23.2 Å². The van der Waals surface area contributed by atoms with Gasteiger partial charge in [0, 0.05) is 61.8 Å². The molecule has 1 spiro atoms. The molecule has 2 N–H and O–H groups in total. The molecule has 9 nitrogen and oxygen atoms in total. The summed E-state index contributed by atoms with van der Waals surface area (Å²) in [7, 11) is -3.20. The van der Waals surface area contributed by atoms with Crippen molar-refractivity contribution >= 4 is 39.0 Å². The van der Waals surface area contributed by atoms with Crippen molar-refractivity contribution in [2.24, 2.45) is 11.3 Å². The quantitative estimate of drug-likeness (QED) is 0.519. The fraction of sp³-hybridized carbons (Fsp3) is 0.600. The summed E-state index contributed by atoms with van der Waals surface area (Å²) in [6.45, 7) is 3.84. The average Bonchev–Trinajstić information content (AvgIpc) is 3.20. The summed E-state index contributed by atoms with van der Waals surface area (Å²) in [6.07, 6.45) is 4.07. The van der Waals surface area contributed by atoms with Crippen molar-refractivity contribution in [2.45, 2.75) is 50.2 Å². The van der Waals surface area contributed by atoms with Gasteiger partial charge in [0.1, 0.15) is 6.17 Å². The molecule has 39 heavy (non-hydrogen) atoms. The first kappa shape index (κ1) is 27.5. The fourth-order valence-electron chi connectivity index (χ4n) is 6.50. The lowest BCUT2D eigenvalue weighted by Gasteiger charge is -2.59. The van der Waals surface area contributed by atoms with Crippen LogP contribution in [0.25, 0.3) is 0 Å². The Kier molecular flexibility index (Phi) is 7.05. The van der Waals surface area contributed by atoms with Gasteiger partial charge < -0.3 is 9.64 Å². The maximum atomic E-state index is 15.2. The van der Waals surface area contributed by atoms with Gasteiger partial charge in [-0.3, -0.25) is 10.4 Å². The van der Waals surface area contributed by atoms with Crippen molar-refractivity contribution in [3.8, 4) is 0 Å². The average molecular weight is 604 g/mol. The Hall–Kier alpha value is -1.67. The van der Waals surface area contributed by atoms with Gasteiger partial charge in [0.05, 0.1) is 34.6 Å². The van der Waals surface area contributed by atoms with Crippen molar-refractivity contribution in [2.75, 3.05) is 37.3 Å². The summed E-state index contributed by atoms with van der Waals surface area (Å²) in [6, 6.07) is 1.07. The third-order valence-corrected chi connectivity index (χ3v) is 10.3. The summed E-state index contributed by atoms with van der Waals surface area (Å²) in [5.74, 6) is -0.221. The van der Waals surface area contributed by atoms with Crippen LogP contribution in [0.5, 0.6) is 0 Å². The minimum atomic E-state index is -3.20. The predicted molar refractivity (Wildman–Crippen MR) is 143 cm³/mol. The van der Waals surface area contributed by atoms with E-state index in [1.165, 1.54) is 29.0 Å². The Balaban J connectivity index is 1.12. The van der Waals surface area contributed by atoms with Gasteiger partial charge in [0.2, 0.25) is 10.0 Å². The SMILES string of the molecule is C[C@@H](OC1CC2C(CC1F)NNC2c1cnc(N2CC3(C2)CN(S(C)(=O)=O)C3)c(F)c1)c1c(Cl)cncc1Cl. The van der Waals surface area contributed by atoms with E-state index in [0.717, 1.165) is 0 Å². The molecule has 1 aliphatic carbocycles. The molecule has 3 saturated heterocycles. The van der Waals surface area contributed by atoms with Crippen molar-refractivity contribution in [3.63, 3.8) is 0 Å². The van der Waals surface area contributed by atoms with Gasteiger partial charge in [-0.05, 0) is 37.3 Å². The topological polar surface area (TPSA) is 99.7 Å². The highest BCUT2D eigenvalue weighted by atomic mass is 35.5. The maximum absolute atomic E-state index is 15.2. The van der Waals surface area contributed by atoms with E-state index in [4.69, 9.17) is 27.9 Å². The van der Waals surface area contributed by atoms with Crippen LogP contribution < -0.4 is 15.8 Å². The molecule has 0 radical (unpaired) electrons. The zero-order chi connectivity index (χ0) is 27.7. The molecule has 212 valence electrons. The Morgan fingerprint density at radius 2 is 1.82 bits per heavy atom. The lowest BCUT2D eigenvalue weighted by molar-refractivity contribution is -0.0783. The molecule has 5 heterocycles. The molecule has 0 bridgehead atoms. The standard InChI is InChI=1S/C25H30Cl2F2N6O3S/c1-13(22-16(26)7-30-8-17(22)27)38-21-4-15-20(5-18(21)28)32-33-23(15)14-3-19(29)24(31-6-14)34-9-25(10-34)11-35(12-25)39(2,36)37/h3,6-8,13,15,18,20-21,23,32-33H,4-5,9-12H2,1-2H3/t13-,15?,18?,20?,21?,23?/m1/s1. The van der Waals surface area contributed by atoms with E-state index in [1.807, 2.05) is 4.90 Å². The number of hydrogen-bond donors (Lipinski definition) is 2. The predicted octanol–water partition coefficient (Wildman–Crippen LogP) is 3.42. The fourth-order valence-corrected chi connectivity index (χ4v) is 8.19. The normalized spacial score (nSPS) is 31.0. The van der Waals surface area contributed by atoms with Crippen molar-refractivity contribution < 1.29 is 21.9 Å². The lowest BCUT2D eigenvalue weighted by Crippen LogP contribution is -2.73. The van der Waals surface area contributed by atoms with E-state index in [1.54, 1.807) is 13.1 Å². The molecule has 4 aliphatic rings. The van der Waals surface area contributed by atoms with Gasteiger partial charge in [-0.2, -0.15) is 0 Å². The summed E-state index contributed by atoms with van der Waals surface area (Å²) in [4.78, 5) is 10.2. The number of nitrogens with one attached hydrogen (secondary N) is 2. The molecule has 6 atom stereocenters. The monoisotopic (exact) mass is 602 g/mol. The minimum absolute atomic E-state index is 0.0473. The maximum Gasteiger partial charge on any atom is 0.211 e. The van der Waals surface area contributed by atoms with Crippen molar-refractivity contribution in [1.29, 1.82) is 0 Å². The molecule has 5 unspecified atom stereocenters. The molecule has 14 heteroatoms. The number of nitrogens with zero attached hydrogens (tertiary/aromatic N) is 4. The molecule has 1 saturated carbocycles. The smallest absolute Gasteiger partial charge is 0.211 e. The van der Waals surface area contributed by atoms with Crippen molar-refractivity contribution in [3.05, 3.63) is 51.6 Å². The first-order chi connectivity index (χ1) is 18.4. The number of rotatable bonds is 6. The van der Waals surface area contributed by atoms with E-state index < -0.39 is 34.2 Å². The van der Waals surface area contributed by atoms with Crippen LogP contribution in [0, 0.1) is 17.2 Å². The Morgan fingerprint density at radius 3 is 2.46 bits per heavy atom. The van der Waals surface area contributed by atoms with Gasteiger partial charge in [-0.25, -0.2) is 31.9 Å². The van der Waals surface area contributed by atoms with Gasteiger partial charge in [0.15, 0.2) is 11.6 Å². The number of alkyl halides is 1. The number of aromatic nitrogens is 2. The van der Waals surface area contributed by atoms with Gasteiger partial charge in [0.25, 0.3) is 0 Å². The summed E-state index contributed by atoms with van der Waals surface area (Å²) >= 11 is 12.5. The van der Waals surface area contributed by atoms with Crippen LogP contribution in [0.4, 0.5) is 14.6 Å². The number of sulfonamides is 1. The van der Waals surface area contributed by atoms with E-state index in [0.29, 0.717) is 53.8 Å². The lowest BCUT2D eigenvalue weighted by atomic mass is 9.74. The molecule has 2 aromatic rings. The number of hydrogen-bond acceptors (Lipinski definition) is 8. The molecular weight excluding hydrogens is 573 g/mol. The second-order valence-corrected chi connectivity index (χ2v) is 14.1. The number of fused-ring (bicyclic) bond motifs is 1. The zero-order valence-electron chi connectivity index (χ0n) is 21.4. The van der Waals surface area contributed by atoms with Crippen LogP contribution in [0.3, 0.4) is 0 Å². The van der Waals surface area contributed by atoms with Crippen LogP contribution in [0.1, 0.15) is 43.0 Å². The van der Waals surface area contributed by atoms with Gasteiger partial charge >= 0.3 is 0 Å². The number of pyridine rings is 2. The zero-order valence-corrected chi connectivity index (χ0v) is 23.8. The number of hydrazine groups is 1. The molecule has 6 rings (SSSR count). The molecule has 2 aromatic heterocycles. The molecule has 0 aromatic carbocycles. The number of halogens is 4. The summed E-state index contributed by atoms with van der Waals surface area (Å²) in [5, 5.41) is 0.724. The largest absolute Gasteiger partial charge is 0.367 e. The highest BCUT2D eigenvalue weighted by molar-refractivity contribution is 7.88. The molecule has 3 aliphatic heterocycles. The third-order valence-electron chi connectivity index (χ3n) is 8.48. The van der Waals surface area contributed by atoms with E-state index in [9.17, 15) is 8.42 Å². The molecule has 4 fully saturated rings. The summed E-state index contributed by atoms with van der Waals surface area (Å²) < 4.78 is 61.3. The van der Waals surface area contributed by atoms with Crippen molar-refractivity contribution in [1.82, 2.24) is 25.1 Å². The Morgan fingerprint density at radius 1 is 1.13 bits per heavy atom. The summed E-state index contributed by atoms with van der Waals surface area (Å²) in [5.41, 5.74) is 7.50. The Bertz CT molecular complexity index is 1350. The third kappa shape index (κ3) is 5.02. The van der Waals surface area contributed by atoms with Crippen LogP contribution in [0.2, 0.25) is 10.0 Å². The van der Waals surface area contributed by atoms with Crippen LogP contribution >= 0.6 is 23.2 Å². The van der Waals surface area contributed by atoms with E-state index >= 15 is 8.78 Å². The first-order valence-electron chi connectivity index (χ1n) is 12.9. The number of anilines is 1. The van der Waals surface area contributed by atoms with Crippen LogP contribution in [-0.2, 0) is 14.8 Å². The minimum Gasteiger partial charge on any atom is -0.367 e. The number of ether oxygens (including phenoxy) is 1.